The van der Waals surface area contributed by atoms with Crippen molar-refractivity contribution in [1.82, 2.24) is 0 Å². The van der Waals surface area contributed by atoms with E-state index in [0.717, 1.165) is 34.8 Å². The summed E-state index contributed by atoms with van der Waals surface area (Å²) in [7, 11) is -3.90. The molecular weight excluding hydrogens is 405 g/mol. The van der Waals surface area contributed by atoms with Gasteiger partial charge in [-0.15, -0.1) is 0 Å². The maximum Gasteiger partial charge on any atom is 0.416 e. The van der Waals surface area contributed by atoms with Gasteiger partial charge in [-0.05, 0) is 55.0 Å². The lowest BCUT2D eigenvalue weighted by molar-refractivity contribution is -0.137. The Morgan fingerprint density at radius 2 is 1.74 bits per heavy atom. The fraction of sp³-hybridized carbons (Fsp3) is 0.235. The van der Waals surface area contributed by atoms with Crippen LogP contribution in [0, 0.1) is 6.92 Å². The van der Waals surface area contributed by atoms with Gasteiger partial charge in [0.1, 0.15) is 6.54 Å². The standard InChI is InChI=1S/C17H16ClF3N2O3S/c1-11-9-13(18)5-8-15(11)22-16(24)10-23(27(2,25)26)14-6-3-12(4-7-14)17(19,20)21/h3-9H,10H2,1-2H3,(H,22,24). The van der Waals surface area contributed by atoms with E-state index < -0.39 is 34.2 Å². The highest BCUT2D eigenvalue weighted by Gasteiger charge is 2.30. The molecule has 0 aromatic heterocycles. The summed E-state index contributed by atoms with van der Waals surface area (Å²) >= 11 is 5.84. The minimum atomic E-state index is -4.54. The van der Waals surface area contributed by atoms with Crippen molar-refractivity contribution in [3.05, 3.63) is 58.6 Å². The van der Waals surface area contributed by atoms with Gasteiger partial charge in [0.15, 0.2) is 0 Å². The fourth-order valence-corrected chi connectivity index (χ4v) is 3.39. The van der Waals surface area contributed by atoms with E-state index in [1.165, 1.54) is 0 Å². The topological polar surface area (TPSA) is 66.5 Å². The quantitative estimate of drug-likeness (QED) is 0.792. The van der Waals surface area contributed by atoms with E-state index in [-0.39, 0.29) is 5.69 Å². The number of nitrogens with one attached hydrogen (secondary N) is 1. The minimum Gasteiger partial charge on any atom is -0.324 e. The SMILES string of the molecule is Cc1cc(Cl)ccc1NC(=O)CN(c1ccc(C(F)(F)F)cc1)S(C)(=O)=O. The van der Waals surface area contributed by atoms with Crippen LogP contribution in [0.5, 0.6) is 0 Å². The molecule has 0 saturated carbocycles. The first-order valence-corrected chi connectivity index (χ1v) is 9.81. The summed E-state index contributed by atoms with van der Waals surface area (Å²) in [4.78, 5) is 12.3. The molecule has 0 spiro atoms. The first-order valence-electron chi connectivity index (χ1n) is 7.59. The van der Waals surface area contributed by atoms with E-state index in [1.54, 1.807) is 25.1 Å². The molecule has 146 valence electrons. The smallest absolute Gasteiger partial charge is 0.324 e. The number of halogens is 4. The third kappa shape index (κ3) is 5.61. The molecule has 0 heterocycles. The molecule has 2 rings (SSSR count). The molecule has 0 saturated heterocycles. The number of sulfonamides is 1. The zero-order valence-electron chi connectivity index (χ0n) is 14.3. The van der Waals surface area contributed by atoms with Gasteiger partial charge in [0.2, 0.25) is 15.9 Å². The van der Waals surface area contributed by atoms with E-state index in [1.807, 2.05) is 0 Å². The van der Waals surface area contributed by atoms with Crippen LogP contribution in [0.2, 0.25) is 5.02 Å². The maximum absolute atomic E-state index is 12.7. The van der Waals surface area contributed by atoms with Crippen LogP contribution in [0.4, 0.5) is 24.5 Å². The van der Waals surface area contributed by atoms with Gasteiger partial charge in [-0.3, -0.25) is 9.10 Å². The summed E-state index contributed by atoms with van der Waals surface area (Å²) in [5.74, 6) is -0.647. The molecule has 1 N–H and O–H groups in total. The second-order valence-corrected chi connectivity index (χ2v) is 8.16. The molecule has 0 bridgehead atoms. The second kappa shape index (κ2) is 7.77. The normalized spacial score (nSPS) is 11.9. The van der Waals surface area contributed by atoms with E-state index >= 15 is 0 Å². The highest BCUT2D eigenvalue weighted by atomic mass is 35.5. The van der Waals surface area contributed by atoms with Crippen LogP contribution >= 0.6 is 11.6 Å². The average molecular weight is 421 g/mol. The molecule has 27 heavy (non-hydrogen) atoms. The number of carbonyl (C=O) groups excluding carboxylic acids is 1. The van der Waals surface area contributed by atoms with Crippen molar-refractivity contribution in [3.8, 4) is 0 Å². The van der Waals surface area contributed by atoms with E-state index in [4.69, 9.17) is 11.6 Å². The second-order valence-electron chi connectivity index (χ2n) is 5.82. The Balaban J connectivity index is 2.23. The van der Waals surface area contributed by atoms with Crippen LogP contribution in [0.1, 0.15) is 11.1 Å². The number of nitrogens with zero attached hydrogens (tertiary/aromatic N) is 1. The summed E-state index contributed by atoms with van der Waals surface area (Å²) in [5, 5.41) is 3.04. The Morgan fingerprint density at radius 3 is 2.22 bits per heavy atom. The molecule has 2 aromatic rings. The molecule has 0 atom stereocenters. The van der Waals surface area contributed by atoms with Crippen molar-refractivity contribution in [2.24, 2.45) is 0 Å². The number of aryl methyl sites for hydroxylation is 1. The lowest BCUT2D eigenvalue weighted by atomic mass is 10.2. The number of anilines is 2. The zero-order chi connectivity index (χ0) is 20.4. The predicted molar refractivity (Wildman–Crippen MR) is 98.5 cm³/mol. The van der Waals surface area contributed by atoms with E-state index in [9.17, 15) is 26.4 Å². The van der Waals surface area contributed by atoms with Gasteiger partial charge in [-0.25, -0.2) is 8.42 Å². The van der Waals surface area contributed by atoms with E-state index in [2.05, 4.69) is 5.32 Å². The minimum absolute atomic E-state index is 0.0477. The Labute approximate surface area is 159 Å². The molecule has 2 aromatic carbocycles. The summed E-state index contributed by atoms with van der Waals surface area (Å²) in [5.41, 5.74) is 0.163. The van der Waals surface area contributed by atoms with Gasteiger partial charge in [-0.1, -0.05) is 11.6 Å². The molecule has 5 nitrogen and oxygen atoms in total. The van der Waals surface area contributed by atoms with Crippen LogP contribution in [-0.2, 0) is 21.0 Å². The van der Waals surface area contributed by atoms with Crippen LogP contribution in [0.3, 0.4) is 0 Å². The fourth-order valence-electron chi connectivity index (χ4n) is 2.30. The van der Waals surface area contributed by atoms with Crippen molar-refractivity contribution < 1.29 is 26.4 Å². The summed E-state index contributed by atoms with van der Waals surface area (Å²) in [6.45, 7) is 1.12. The molecule has 0 radical (unpaired) electrons. The van der Waals surface area contributed by atoms with Gasteiger partial charge < -0.3 is 5.32 Å². The largest absolute Gasteiger partial charge is 0.416 e. The van der Waals surface area contributed by atoms with Gasteiger partial charge >= 0.3 is 6.18 Å². The lowest BCUT2D eigenvalue weighted by Crippen LogP contribution is -2.37. The lowest BCUT2D eigenvalue weighted by Gasteiger charge is -2.22. The Hall–Kier alpha value is -2.26. The molecule has 0 aliphatic carbocycles. The van der Waals surface area contributed by atoms with Crippen LogP contribution < -0.4 is 9.62 Å². The summed E-state index contributed by atoms with van der Waals surface area (Å²) in [6.07, 6.45) is -3.68. The Bertz CT molecular complexity index is 945. The molecule has 0 aliphatic rings. The van der Waals surface area contributed by atoms with Crippen molar-refractivity contribution in [1.29, 1.82) is 0 Å². The zero-order valence-corrected chi connectivity index (χ0v) is 15.9. The van der Waals surface area contributed by atoms with Crippen molar-refractivity contribution >= 4 is 38.9 Å². The number of carbonyl (C=O) groups is 1. The van der Waals surface area contributed by atoms with Crippen LogP contribution in [0.15, 0.2) is 42.5 Å². The number of alkyl halides is 3. The van der Waals surface area contributed by atoms with E-state index in [0.29, 0.717) is 16.3 Å². The molecule has 1 amide bonds. The number of amides is 1. The third-order valence-corrected chi connectivity index (χ3v) is 5.01. The van der Waals surface area contributed by atoms with Crippen molar-refractivity contribution in [2.45, 2.75) is 13.1 Å². The van der Waals surface area contributed by atoms with Crippen LogP contribution in [0.25, 0.3) is 0 Å². The van der Waals surface area contributed by atoms with Crippen molar-refractivity contribution in [3.63, 3.8) is 0 Å². The third-order valence-electron chi connectivity index (χ3n) is 3.63. The highest BCUT2D eigenvalue weighted by molar-refractivity contribution is 7.92. The van der Waals surface area contributed by atoms with Gasteiger partial charge in [-0.2, -0.15) is 13.2 Å². The predicted octanol–water partition coefficient (Wildman–Crippen LogP) is 4.07. The molecule has 0 aliphatic heterocycles. The highest BCUT2D eigenvalue weighted by Crippen LogP contribution is 2.31. The average Bonchev–Trinajstić information content (AvgIpc) is 2.53. The molecule has 0 unspecified atom stereocenters. The van der Waals surface area contributed by atoms with Crippen molar-refractivity contribution in [2.75, 3.05) is 22.4 Å². The van der Waals surface area contributed by atoms with Gasteiger partial charge in [0, 0.05) is 10.7 Å². The van der Waals surface area contributed by atoms with Gasteiger partial charge in [0.25, 0.3) is 0 Å². The Kier molecular flexibility index (Phi) is 6.06. The molecule has 0 fully saturated rings. The number of rotatable bonds is 5. The molecular formula is C17H16ClF3N2O3S. The number of hydrogen-bond donors (Lipinski definition) is 1. The molecule has 10 heteroatoms. The number of benzene rings is 2. The Morgan fingerprint density at radius 1 is 1.15 bits per heavy atom. The summed E-state index contributed by atoms with van der Waals surface area (Å²) in [6, 6.07) is 8.28. The summed E-state index contributed by atoms with van der Waals surface area (Å²) < 4.78 is 62.8. The first-order chi connectivity index (χ1) is 12.4. The maximum atomic E-state index is 12.7. The van der Waals surface area contributed by atoms with Crippen LogP contribution in [-0.4, -0.2) is 27.1 Å². The first kappa shape index (κ1) is 21.0. The van der Waals surface area contributed by atoms with Gasteiger partial charge in [0.05, 0.1) is 17.5 Å². The number of hydrogen-bond acceptors (Lipinski definition) is 3. The monoisotopic (exact) mass is 420 g/mol.